The monoisotopic (exact) mass is 321 g/mol. The third-order valence-corrected chi connectivity index (χ3v) is 5.12. The number of sulfone groups is 1. The van der Waals surface area contributed by atoms with Crippen LogP contribution < -0.4 is 5.32 Å². The van der Waals surface area contributed by atoms with E-state index in [9.17, 15) is 26.4 Å². The molecule has 1 aromatic rings. The molecule has 0 spiro atoms. The number of carbonyl (C=O) groups is 1. The summed E-state index contributed by atoms with van der Waals surface area (Å²) < 4.78 is 59.7. The maximum atomic E-state index is 12.4. The fourth-order valence-electron chi connectivity index (χ4n) is 2.15. The largest absolute Gasteiger partial charge is 0.416 e. The summed E-state index contributed by atoms with van der Waals surface area (Å²) in [4.78, 5) is 11.8. The molecule has 0 aromatic heterocycles. The van der Waals surface area contributed by atoms with Gasteiger partial charge in [-0.1, -0.05) is 12.1 Å². The van der Waals surface area contributed by atoms with E-state index in [1.54, 1.807) is 0 Å². The Morgan fingerprint density at radius 3 is 2.33 bits per heavy atom. The van der Waals surface area contributed by atoms with E-state index in [1.165, 1.54) is 12.1 Å². The van der Waals surface area contributed by atoms with E-state index in [4.69, 9.17) is 0 Å². The summed E-state index contributed by atoms with van der Waals surface area (Å²) in [5, 5.41) is 2.55. The number of hydrogen-bond donors (Lipinski definition) is 1. The van der Waals surface area contributed by atoms with E-state index in [0.29, 0.717) is 12.0 Å². The van der Waals surface area contributed by atoms with Crippen molar-refractivity contribution >= 4 is 15.7 Å². The minimum Gasteiger partial charge on any atom is -0.352 e. The van der Waals surface area contributed by atoms with Crippen molar-refractivity contribution < 1.29 is 26.4 Å². The molecule has 1 N–H and O–H groups in total. The summed E-state index contributed by atoms with van der Waals surface area (Å²) in [6.45, 7) is 0.0769. The lowest BCUT2D eigenvalue weighted by Crippen LogP contribution is -2.30. The van der Waals surface area contributed by atoms with Gasteiger partial charge in [0.25, 0.3) is 0 Å². The number of alkyl halides is 3. The van der Waals surface area contributed by atoms with E-state index >= 15 is 0 Å². The van der Waals surface area contributed by atoms with Gasteiger partial charge in [0.15, 0.2) is 9.84 Å². The molecule has 2 rings (SSSR count). The van der Waals surface area contributed by atoms with Crippen molar-refractivity contribution in [3.63, 3.8) is 0 Å². The zero-order chi connectivity index (χ0) is 15.7. The van der Waals surface area contributed by atoms with Crippen LogP contribution in [0.5, 0.6) is 0 Å². The summed E-state index contributed by atoms with van der Waals surface area (Å²) in [6, 6.07) is 4.46. The first-order valence-corrected chi connectivity index (χ1v) is 8.14. The molecule has 0 radical (unpaired) electrons. The normalized spacial score (nSPS) is 21.2. The molecule has 4 nitrogen and oxygen atoms in total. The molecule has 0 aliphatic carbocycles. The van der Waals surface area contributed by atoms with Gasteiger partial charge in [-0.2, -0.15) is 13.2 Å². The van der Waals surface area contributed by atoms with Crippen molar-refractivity contribution in [2.45, 2.75) is 19.1 Å². The van der Waals surface area contributed by atoms with Crippen molar-refractivity contribution in [2.75, 3.05) is 11.5 Å². The smallest absolute Gasteiger partial charge is 0.352 e. The quantitative estimate of drug-likeness (QED) is 0.923. The molecular formula is C13H14F3NO3S. The Morgan fingerprint density at radius 2 is 1.86 bits per heavy atom. The molecule has 1 aromatic carbocycles. The number of hydrogen-bond acceptors (Lipinski definition) is 3. The zero-order valence-electron chi connectivity index (χ0n) is 11.0. The maximum Gasteiger partial charge on any atom is 0.416 e. The van der Waals surface area contributed by atoms with Gasteiger partial charge in [0.2, 0.25) is 5.91 Å². The van der Waals surface area contributed by atoms with Crippen LogP contribution in [0.3, 0.4) is 0 Å². The predicted octanol–water partition coefficient (Wildman–Crippen LogP) is 1.76. The van der Waals surface area contributed by atoms with E-state index < -0.39 is 27.5 Å². The number of carbonyl (C=O) groups excluding carboxylic acids is 1. The molecule has 1 aliphatic rings. The van der Waals surface area contributed by atoms with Gasteiger partial charge < -0.3 is 5.32 Å². The summed E-state index contributed by atoms with van der Waals surface area (Å²) >= 11 is 0. The van der Waals surface area contributed by atoms with Crippen LogP contribution in [0.15, 0.2) is 24.3 Å². The zero-order valence-corrected chi connectivity index (χ0v) is 11.8. The lowest BCUT2D eigenvalue weighted by molar-refractivity contribution is -0.137. The second-order valence-corrected chi connectivity index (χ2v) is 7.24. The van der Waals surface area contributed by atoms with Crippen LogP contribution in [0.25, 0.3) is 0 Å². The van der Waals surface area contributed by atoms with Gasteiger partial charge >= 0.3 is 6.18 Å². The molecule has 1 fully saturated rings. The van der Waals surface area contributed by atoms with E-state index in [2.05, 4.69) is 5.32 Å². The first kappa shape index (κ1) is 15.8. The number of rotatable bonds is 3. The van der Waals surface area contributed by atoms with Gasteiger partial charge in [0, 0.05) is 6.54 Å². The van der Waals surface area contributed by atoms with Gasteiger partial charge in [-0.3, -0.25) is 4.79 Å². The van der Waals surface area contributed by atoms with Crippen molar-refractivity contribution in [3.05, 3.63) is 35.4 Å². The van der Waals surface area contributed by atoms with Gasteiger partial charge in [0.1, 0.15) is 0 Å². The topological polar surface area (TPSA) is 63.2 Å². The number of nitrogens with one attached hydrogen (secondary N) is 1. The molecular weight excluding hydrogens is 307 g/mol. The summed E-state index contributed by atoms with van der Waals surface area (Å²) in [5.74, 6) is -1.10. The standard InChI is InChI=1S/C13H14F3NO3S/c14-13(15,16)11-3-1-9(2-4-11)7-17-12(18)10-5-6-21(19,20)8-10/h1-4,10H,5-8H2,(H,17,18)/t10-/m1/s1. The van der Waals surface area contributed by atoms with E-state index in [1.807, 2.05) is 0 Å². The Bertz CT molecular complexity index is 623. The third kappa shape index (κ3) is 4.20. The second kappa shape index (κ2) is 5.67. The Kier molecular flexibility index (Phi) is 4.27. The number of halogens is 3. The highest BCUT2D eigenvalue weighted by molar-refractivity contribution is 7.91. The van der Waals surface area contributed by atoms with Gasteiger partial charge in [-0.25, -0.2) is 8.42 Å². The average molecular weight is 321 g/mol. The highest BCUT2D eigenvalue weighted by atomic mass is 32.2. The van der Waals surface area contributed by atoms with Gasteiger partial charge in [-0.05, 0) is 24.1 Å². The predicted molar refractivity (Wildman–Crippen MR) is 70.1 cm³/mol. The number of benzene rings is 1. The molecule has 21 heavy (non-hydrogen) atoms. The summed E-state index contributed by atoms with van der Waals surface area (Å²) in [5.41, 5.74) is -0.225. The molecule has 0 saturated carbocycles. The SMILES string of the molecule is O=C(NCc1ccc(C(F)(F)F)cc1)[C@@H]1CCS(=O)(=O)C1. The first-order chi connectivity index (χ1) is 9.67. The average Bonchev–Trinajstić information content (AvgIpc) is 2.76. The molecule has 1 aliphatic heterocycles. The van der Waals surface area contributed by atoms with E-state index in [0.717, 1.165) is 12.1 Å². The van der Waals surface area contributed by atoms with Gasteiger partial charge in [-0.15, -0.1) is 0 Å². The molecule has 1 amide bonds. The van der Waals surface area contributed by atoms with Crippen LogP contribution in [-0.4, -0.2) is 25.8 Å². The van der Waals surface area contributed by atoms with Crippen molar-refractivity contribution in [1.82, 2.24) is 5.32 Å². The van der Waals surface area contributed by atoms with Crippen LogP contribution in [0, 0.1) is 5.92 Å². The molecule has 1 saturated heterocycles. The van der Waals surface area contributed by atoms with Crippen LogP contribution in [0.1, 0.15) is 17.5 Å². The van der Waals surface area contributed by atoms with Gasteiger partial charge in [0.05, 0.1) is 23.0 Å². The molecule has 116 valence electrons. The molecule has 1 atom stereocenters. The maximum absolute atomic E-state index is 12.4. The van der Waals surface area contributed by atoms with E-state index in [-0.39, 0.29) is 24.0 Å². The second-order valence-electron chi connectivity index (χ2n) is 5.01. The first-order valence-electron chi connectivity index (χ1n) is 6.32. The van der Waals surface area contributed by atoms with Crippen LogP contribution in [-0.2, 0) is 27.4 Å². The number of amides is 1. The lowest BCUT2D eigenvalue weighted by Gasteiger charge is -2.10. The fraction of sp³-hybridized carbons (Fsp3) is 0.462. The molecule has 0 bridgehead atoms. The summed E-state index contributed by atoms with van der Waals surface area (Å²) in [6.07, 6.45) is -4.10. The molecule has 1 heterocycles. The summed E-state index contributed by atoms with van der Waals surface area (Å²) in [7, 11) is -3.13. The van der Waals surface area contributed by atoms with Crippen molar-refractivity contribution in [1.29, 1.82) is 0 Å². The molecule has 8 heteroatoms. The molecule has 0 unspecified atom stereocenters. The lowest BCUT2D eigenvalue weighted by atomic mass is 10.1. The fourth-order valence-corrected chi connectivity index (χ4v) is 3.89. The van der Waals surface area contributed by atoms with Crippen LogP contribution in [0.2, 0.25) is 0 Å². The van der Waals surface area contributed by atoms with Crippen molar-refractivity contribution in [3.8, 4) is 0 Å². The highest BCUT2D eigenvalue weighted by Crippen LogP contribution is 2.29. The Balaban J connectivity index is 1.90. The van der Waals surface area contributed by atoms with Crippen LogP contribution in [0.4, 0.5) is 13.2 Å². The Morgan fingerprint density at radius 1 is 1.24 bits per heavy atom. The Labute approximate surface area is 120 Å². The Hall–Kier alpha value is -1.57. The minimum atomic E-state index is -4.39. The highest BCUT2D eigenvalue weighted by Gasteiger charge is 2.33. The third-order valence-electron chi connectivity index (χ3n) is 3.35. The van der Waals surface area contributed by atoms with Crippen molar-refractivity contribution in [2.24, 2.45) is 5.92 Å². The minimum absolute atomic E-state index is 0.00532. The van der Waals surface area contributed by atoms with Crippen LogP contribution >= 0.6 is 0 Å².